The van der Waals surface area contributed by atoms with Gasteiger partial charge in [-0.2, -0.15) is 0 Å². The van der Waals surface area contributed by atoms with Crippen molar-refractivity contribution in [3.8, 4) is 0 Å². The van der Waals surface area contributed by atoms with Gasteiger partial charge >= 0.3 is 0 Å². The number of aryl methyl sites for hydroxylation is 1. The number of pyridine rings is 1. The molecule has 3 rings (SSSR count). The molecule has 0 aromatic carbocycles. The van der Waals surface area contributed by atoms with Crippen LogP contribution >= 0.6 is 11.3 Å². The Labute approximate surface area is 141 Å². The Bertz CT molecular complexity index is 645. The van der Waals surface area contributed by atoms with Crippen LogP contribution in [0.15, 0.2) is 24.5 Å². The molecule has 1 aliphatic heterocycles. The van der Waals surface area contributed by atoms with Gasteiger partial charge in [0, 0.05) is 42.9 Å². The molecule has 2 aromatic heterocycles. The maximum absolute atomic E-state index is 5.60. The van der Waals surface area contributed by atoms with Crippen molar-refractivity contribution in [3.05, 3.63) is 40.0 Å². The summed E-state index contributed by atoms with van der Waals surface area (Å²) in [6.45, 7) is 9.74. The Morgan fingerprint density at radius 1 is 1.48 bits per heavy atom. The van der Waals surface area contributed by atoms with E-state index in [2.05, 4.69) is 46.2 Å². The molecule has 6 heteroatoms. The molecule has 0 bridgehead atoms. The van der Waals surface area contributed by atoms with Gasteiger partial charge in [0.1, 0.15) is 5.82 Å². The van der Waals surface area contributed by atoms with E-state index in [1.165, 1.54) is 10.4 Å². The molecule has 2 atom stereocenters. The third-order valence-corrected chi connectivity index (χ3v) is 5.15. The van der Waals surface area contributed by atoms with E-state index < -0.39 is 0 Å². The molecule has 1 aliphatic rings. The average Bonchev–Trinajstić information content (AvgIpc) is 2.99. The fourth-order valence-electron chi connectivity index (χ4n) is 2.72. The first-order chi connectivity index (χ1) is 11.1. The van der Waals surface area contributed by atoms with Crippen molar-refractivity contribution >= 4 is 17.2 Å². The van der Waals surface area contributed by atoms with Crippen LogP contribution in [-0.4, -0.2) is 35.8 Å². The van der Waals surface area contributed by atoms with E-state index in [1.807, 2.05) is 19.3 Å². The van der Waals surface area contributed by atoms with Crippen LogP contribution < -0.4 is 10.2 Å². The second-order valence-corrected chi connectivity index (χ2v) is 7.30. The SMILES string of the molecule is Cc1ncc([C@@H](C)NCc2ccnc(N3CCO[C@@H](C)C3)c2)s1. The molecule has 0 amide bonds. The second-order valence-electron chi connectivity index (χ2n) is 6.03. The monoisotopic (exact) mass is 332 g/mol. The van der Waals surface area contributed by atoms with E-state index >= 15 is 0 Å². The number of aromatic nitrogens is 2. The van der Waals surface area contributed by atoms with Gasteiger partial charge in [0.05, 0.1) is 17.7 Å². The average molecular weight is 332 g/mol. The van der Waals surface area contributed by atoms with Crippen molar-refractivity contribution in [2.75, 3.05) is 24.6 Å². The third kappa shape index (κ3) is 4.28. The standard InChI is InChI=1S/C17H24N4OS/c1-12-11-21(6-7-22-12)17-8-15(4-5-18-17)9-19-13(2)16-10-20-14(3)23-16/h4-5,8,10,12-13,19H,6-7,9,11H2,1-3H3/t12-,13+/m0/s1. The Morgan fingerprint density at radius 3 is 3.09 bits per heavy atom. The Hall–Kier alpha value is -1.50. The molecule has 3 heterocycles. The Kier molecular flexibility index (Phi) is 5.25. The fourth-order valence-corrected chi connectivity index (χ4v) is 3.53. The molecule has 0 radical (unpaired) electrons. The number of hydrogen-bond donors (Lipinski definition) is 1. The molecule has 0 unspecified atom stereocenters. The van der Waals surface area contributed by atoms with E-state index in [9.17, 15) is 0 Å². The van der Waals surface area contributed by atoms with Crippen LogP contribution in [0.5, 0.6) is 0 Å². The maximum atomic E-state index is 5.60. The number of nitrogens with one attached hydrogen (secondary N) is 1. The van der Waals surface area contributed by atoms with Crippen LogP contribution in [0.2, 0.25) is 0 Å². The first-order valence-electron chi connectivity index (χ1n) is 8.09. The fraction of sp³-hybridized carbons (Fsp3) is 0.529. The number of nitrogens with zero attached hydrogens (tertiary/aromatic N) is 3. The van der Waals surface area contributed by atoms with Gasteiger partial charge < -0.3 is 15.0 Å². The third-order valence-electron chi connectivity index (χ3n) is 4.05. The summed E-state index contributed by atoms with van der Waals surface area (Å²) in [5, 5.41) is 4.68. The largest absolute Gasteiger partial charge is 0.375 e. The highest BCUT2D eigenvalue weighted by Gasteiger charge is 2.18. The van der Waals surface area contributed by atoms with E-state index in [1.54, 1.807) is 11.3 Å². The normalized spacial score (nSPS) is 19.8. The number of thiazole rings is 1. The zero-order valence-corrected chi connectivity index (χ0v) is 14.8. The van der Waals surface area contributed by atoms with Gasteiger partial charge in [0.2, 0.25) is 0 Å². The van der Waals surface area contributed by atoms with Gasteiger partial charge in [0.15, 0.2) is 0 Å². The molecule has 124 valence electrons. The molecule has 2 aromatic rings. The highest BCUT2D eigenvalue weighted by atomic mass is 32.1. The van der Waals surface area contributed by atoms with Crippen molar-refractivity contribution in [1.82, 2.24) is 15.3 Å². The van der Waals surface area contributed by atoms with Crippen molar-refractivity contribution < 1.29 is 4.74 Å². The van der Waals surface area contributed by atoms with Gasteiger partial charge in [-0.05, 0) is 38.5 Å². The quantitative estimate of drug-likeness (QED) is 0.912. The topological polar surface area (TPSA) is 50.3 Å². The smallest absolute Gasteiger partial charge is 0.128 e. The highest BCUT2D eigenvalue weighted by Crippen LogP contribution is 2.21. The lowest BCUT2D eigenvalue weighted by Gasteiger charge is -2.32. The molecular formula is C17H24N4OS. The van der Waals surface area contributed by atoms with Crippen LogP contribution in [0.4, 0.5) is 5.82 Å². The molecular weight excluding hydrogens is 308 g/mol. The molecule has 1 N–H and O–H groups in total. The summed E-state index contributed by atoms with van der Waals surface area (Å²) in [6, 6.07) is 4.56. The summed E-state index contributed by atoms with van der Waals surface area (Å²) in [4.78, 5) is 12.4. The zero-order chi connectivity index (χ0) is 16.2. The molecule has 5 nitrogen and oxygen atoms in total. The summed E-state index contributed by atoms with van der Waals surface area (Å²) in [5.41, 5.74) is 1.25. The summed E-state index contributed by atoms with van der Waals surface area (Å²) in [5.74, 6) is 1.04. The number of rotatable bonds is 5. The van der Waals surface area contributed by atoms with Crippen molar-refractivity contribution in [2.24, 2.45) is 0 Å². The molecule has 0 spiro atoms. The van der Waals surface area contributed by atoms with Crippen LogP contribution in [0.1, 0.15) is 35.3 Å². The molecule has 1 saturated heterocycles. The first kappa shape index (κ1) is 16.4. The Morgan fingerprint density at radius 2 is 2.35 bits per heavy atom. The van der Waals surface area contributed by atoms with Crippen LogP contribution in [0, 0.1) is 6.92 Å². The summed E-state index contributed by atoms with van der Waals surface area (Å²) >= 11 is 1.75. The molecule has 1 fully saturated rings. The van der Waals surface area contributed by atoms with Crippen LogP contribution in [0.25, 0.3) is 0 Å². The minimum Gasteiger partial charge on any atom is -0.375 e. The van der Waals surface area contributed by atoms with Crippen molar-refractivity contribution in [3.63, 3.8) is 0 Å². The predicted molar refractivity (Wildman–Crippen MR) is 94.0 cm³/mol. The minimum atomic E-state index is 0.266. The van der Waals surface area contributed by atoms with Crippen molar-refractivity contribution in [2.45, 2.75) is 39.5 Å². The van der Waals surface area contributed by atoms with Gasteiger partial charge in [-0.3, -0.25) is 0 Å². The lowest BCUT2D eigenvalue weighted by Crippen LogP contribution is -2.41. The summed E-state index contributed by atoms with van der Waals surface area (Å²) < 4.78 is 5.60. The number of morpholine rings is 1. The summed E-state index contributed by atoms with van der Waals surface area (Å²) in [6.07, 6.45) is 4.13. The molecule has 0 saturated carbocycles. The lowest BCUT2D eigenvalue weighted by atomic mass is 10.2. The highest BCUT2D eigenvalue weighted by molar-refractivity contribution is 7.11. The van der Waals surface area contributed by atoms with Gasteiger partial charge in [-0.1, -0.05) is 0 Å². The number of ether oxygens (including phenoxy) is 1. The lowest BCUT2D eigenvalue weighted by molar-refractivity contribution is 0.0529. The molecule has 0 aliphatic carbocycles. The Balaban J connectivity index is 1.61. The van der Waals surface area contributed by atoms with Crippen molar-refractivity contribution in [1.29, 1.82) is 0 Å². The number of hydrogen-bond acceptors (Lipinski definition) is 6. The molecule has 23 heavy (non-hydrogen) atoms. The van der Waals surface area contributed by atoms with Crippen LogP contribution in [0.3, 0.4) is 0 Å². The second kappa shape index (κ2) is 7.38. The van der Waals surface area contributed by atoms with E-state index in [4.69, 9.17) is 4.74 Å². The first-order valence-corrected chi connectivity index (χ1v) is 8.90. The van der Waals surface area contributed by atoms with Gasteiger partial charge in [-0.15, -0.1) is 11.3 Å². The van der Waals surface area contributed by atoms with E-state index in [0.29, 0.717) is 6.04 Å². The maximum Gasteiger partial charge on any atom is 0.128 e. The minimum absolute atomic E-state index is 0.266. The summed E-state index contributed by atoms with van der Waals surface area (Å²) in [7, 11) is 0. The van der Waals surface area contributed by atoms with Gasteiger partial charge in [-0.25, -0.2) is 9.97 Å². The zero-order valence-electron chi connectivity index (χ0n) is 14.0. The van der Waals surface area contributed by atoms with E-state index in [-0.39, 0.29) is 6.10 Å². The van der Waals surface area contributed by atoms with Crippen LogP contribution in [-0.2, 0) is 11.3 Å². The predicted octanol–water partition coefficient (Wildman–Crippen LogP) is 2.92. The van der Waals surface area contributed by atoms with E-state index in [0.717, 1.165) is 37.1 Å². The van der Waals surface area contributed by atoms with Gasteiger partial charge in [0.25, 0.3) is 0 Å². The number of anilines is 1.